The van der Waals surface area contributed by atoms with Crippen LogP contribution in [0.4, 0.5) is 0 Å². The molecule has 158 valence electrons. The second kappa shape index (κ2) is 8.33. The van der Waals surface area contributed by atoms with Crippen LogP contribution in [0.2, 0.25) is 0 Å². The molecular weight excluding hydrogens is 396 g/mol. The van der Waals surface area contributed by atoms with Crippen molar-refractivity contribution in [1.82, 2.24) is 4.57 Å². The first-order valence-electron chi connectivity index (χ1n) is 10.8. The van der Waals surface area contributed by atoms with Crippen LogP contribution in [0, 0.1) is 0 Å². The van der Waals surface area contributed by atoms with E-state index in [0.717, 1.165) is 17.5 Å². The lowest BCUT2D eigenvalue weighted by Gasteiger charge is -2.08. The Balaban J connectivity index is 1.57. The van der Waals surface area contributed by atoms with E-state index in [1.165, 1.54) is 32.8 Å². The highest BCUT2D eigenvalue weighted by Gasteiger charge is 2.12. The molecule has 4 heteroatoms. The summed E-state index contributed by atoms with van der Waals surface area (Å²) in [6, 6.07) is 28.6. The van der Waals surface area contributed by atoms with E-state index in [2.05, 4.69) is 71.4 Å². The highest BCUT2D eigenvalue weighted by Crippen LogP contribution is 2.30. The Bertz CT molecular complexity index is 1450. The van der Waals surface area contributed by atoms with Crippen molar-refractivity contribution in [2.75, 3.05) is 6.54 Å². The van der Waals surface area contributed by atoms with Crippen LogP contribution in [0.15, 0.2) is 91.1 Å². The Morgan fingerprint density at radius 1 is 0.844 bits per heavy atom. The average Bonchev–Trinajstić information content (AvgIpc) is 3.15. The van der Waals surface area contributed by atoms with Crippen LogP contribution in [0.1, 0.15) is 21.5 Å². The van der Waals surface area contributed by atoms with Gasteiger partial charge in [0.25, 0.3) is 0 Å². The molecule has 0 radical (unpaired) electrons. The summed E-state index contributed by atoms with van der Waals surface area (Å²) >= 11 is 0. The third-order valence-electron chi connectivity index (χ3n) is 5.99. The number of hydrogen-bond acceptors (Lipinski definition) is 2. The number of fused-ring (bicyclic) bond motifs is 2. The van der Waals surface area contributed by atoms with Gasteiger partial charge in [0.05, 0.1) is 5.56 Å². The topological polar surface area (TPSA) is 68.2 Å². The molecule has 0 bridgehead atoms. The molecule has 0 aliphatic heterocycles. The quantitative estimate of drug-likeness (QED) is 0.370. The number of nitrogens with zero attached hydrogens (tertiary/aromatic N) is 1. The van der Waals surface area contributed by atoms with E-state index in [-0.39, 0.29) is 0 Å². The van der Waals surface area contributed by atoms with Gasteiger partial charge in [-0.05, 0) is 76.3 Å². The number of hydrogen-bond donors (Lipinski definition) is 2. The summed E-state index contributed by atoms with van der Waals surface area (Å²) in [5, 5.41) is 13.0. The number of nitrogens with two attached hydrogens (primary N) is 1. The van der Waals surface area contributed by atoms with E-state index in [9.17, 15) is 9.90 Å². The van der Waals surface area contributed by atoms with Gasteiger partial charge in [-0.1, -0.05) is 54.6 Å². The Kier molecular flexibility index (Phi) is 5.21. The van der Waals surface area contributed by atoms with Gasteiger partial charge in [0.15, 0.2) is 0 Å². The van der Waals surface area contributed by atoms with E-state index in [1.807, 2.05) is 6.07 Å². The number of rotatable bonds is 6. The molecule has 0 atom stereocenters. The van der Waals surface area contributed by atoms with Crippen molar-refractivity contribution in [3.8, 4) is 11.1 Å². The molecule has 4 nitrogen and oxygen atoms in total. The highest BCUT2D eigenvalue weighted by atomic mass is 16.4. The van der Waals surface area contributed by atoms with Crippen molar-refractivity contribution < 1.29 is 9.90 Å². The molecule has 0 spiro atoms. The van der Waals surface area contributed by atoms with Gasteiger partial charge in [0.1, 0.15) is 0 Å². The Morgan fingerprint density at radius 2 is 1.62 bits per heavy atom. The lowest BCUT2D eigenvalue weighted by Crippen LogP contribution is -2.03. The van der Waals surface area contributed by atoms with Crippen molar-refractivity contribution >= 4 is 27.6 Å². The van der Waals surface area contributed by atoms with Gasteiger partial charge >= 0.3 is 5.97 Å². The lowest BCUT2D eigenvalue weighted by atomic mass is 9.99. The summed E-state index contributed by atoms with van der Waals surface area (Å²) in [7, 11) is 0. The summed E-state index contributed by atoms with van der Waals surface area (Å²) in [5.41, 5.74) is 11.9. The van der Waals surface area contributed by atoms with Crippen LogP contribution in [0.3, 0.4) is 0 Å². The molecule has 0 fully saturated rings. The third kappa shape index (κ3) is 3.77. The normalized spacial score (nSPS) is 11.3. The van der Waals surface area contributed by atoms with Crippen LogP contribution >= 0.6 is 0 Å². The first-order chi connectivity index (χ1) is 15.6. The number of aromatic nitrogens is 1. The third-order valence-corrected chi connectivity index (χ3v) is 5.99. The first kappa shape index (κ1) is 20.0. The average molecular weight is 421 g/mol. The Labute approximate surface area is 186 Å². The zero-order valence-corrected chi connectivity index (χ0v) is 17.7. The Morgan fingerprint density at radius 3 is 2.44 bits per heavy atom. The van der Waals surface area contributed by atoms with E-state index in [1.54, 1.807) is 18.2 Å². The largest absolute Gasteiger partial charge is 0.478 e. The van der Waals surface area contributed by atoms with Crippen LogP contribution in [-0.4, -0.2) is 22.2 Å². The molecule has 0 saturated carbocycles. The minimum atomic E-state index is -0.909. The maximum atomic E-state index is 11.3. The predicted octanol–water partition coefficient (Wildman–Crippen LogP) is 5.71. The fraction of sp³-hybridized carbons (Fsp3) is 0.107. The summed E-state index contributed by atoms with van der Waals surface area (Å²) < 4.78 is 2.19. The molecule has 0 aliphatic carbocycles. The second-order valence-electron chi connectivity index (χ2n) is 8.12. The van der Waals surface area contributed by atoms with Crippen LogP contribution < -0.4 is 5.73 Å². The molecule has 1 heterocycles. The molecule has 0 aliphatic rings. The lowest BCUT2D eigenvalue weighted by molar-refractivity contribution is 0.0696. The van der Waals surface area contributed by atoms with E-state index >= 15 is 0 Å². The second-order valence-corrected chi connectivity index (χ2v) is 8.12. The van der Waals surface area contributed by atoms with Gasteiger partial charge in [0.2, 0.25) is 0 Å². The van der Waals surface area contributed by atoms with E-state index in [4.69, 9.17) is 5.73 Å². The van der Waals surface area contributed by atoms with Gasteiger partial charge in [0, 0.05) is 23.6 Å². The van der Waals surface area contributed by atoms with Gasteiger partial charge in [-0.2, -0.15) is 0 Å². The van der Waals surface area contributed by atoms with Crippen molar-refractivity contribution in [3.63, 3.8) is 0 Å². The van der Waals surface area contributed by atoms with E-state index < -0.39 is 5.97 Å². The summed E-state index contributed by atoms with van der Waals surface area (Å²) in [6.45, 7) is 1.19. The maximum Gasteiger partial charge on any atom is 0.335 e. The van der Waals surface area contributed by atoms with Gasteiger partial charge < -0.3 is 15.4 Å². The first-order valence-corrected chi connectivity index (χ1v) is 10.8. The monoisotopic (exact) mass is 420 g/mol. The number of benzene rings is 4. The van der Waals surface area contributed by atoms with Crippen LogP contribution in [0.25, 0.3) is 32.8 Å². The molecular formula is C28H24N2O2. The van der Waals surface area contributed by atoms with Gasteiger partial charge in [-0.3, -0.25) is 0 Å². The number of carboxylic acids is 1. The van der Waals surface area contributed by atoms with Gasteiger partial charge in [-0.15, -0.1) is 0 Å². The minimum Gasteiger partial charge on any atom is -0.478 e. The van der Waals surface area contributed by atoms with Crippen molar-refractivity contribution in [2.24, 2.45) is 5.73 Å². The molecule has 1 aromatic heterocycles. The van der Waals surface area contributed by atoms with E-state index in [0.29, 0.717) is 18.7 Å². The zero-order chi connectivity index (χ0) is 22.1. The smallest absolute Gasteiger partial charge is 0.335 e. The molecule has 5 rings (SSSR count). The maximum absolute atomic E-state index is 11.3. The fourth-order valence-electron chi connectivity index (χ4n) is 4.40. The molecule has 0 unspecified atom stereocenters. The molecule has 0 saturated heterocycles. The zero-order valence-electron chi connectivity index (χ0n) is 17.7. The summed E-state index contributed by atoms with van der Waals surface area (Å²) in [6.07, 6.45) is 2.94. The fourth-order valence-corrected chi connectivity index (χ4v) is 4.40. The van der Waals surface area contributed by atoms with Gasteiger partial charge in [-0.25, -0.2) is 4.79 Å². The number of aromatic carboxylic acids is 1. The van der Waals surface area contributed by atoms with Crippen molar-refractivity contribution in [1.29, 1.82) is 0 Å². The van der Waals surface area contributed by atoms with Crippen LogP contribution in [-0.2, 0) is 13.0 Å². The minimum absolute atomic E-state index is 0.305. The molecule has 0 amide bonds. The van der Waals surface area contributed by atoms with Crippen LogP contribution in [0.5, 0.6) is 0 Å². The highest BCUT2D eigenvalue weighted by molar-refractivity contribution is 5.92. The molecule has 3 N–H and O–H groups in total. The Hall–Kier alpha value is -3.89. The molecule has 4 aromatic carbocycles. The van der Waals surface area contributed by atoms with Crippen molar-refractivity contribution in [2.45, 2.75) is 13.0 Å². The predicted molar refractivity (Wildman–Crippen MR) is 130 cm³/mol. The molecule has 5 aromatic rings. The number of carboxylic acid groups (broad SMARTS) is 1. The standard InChI is InChI=1S/C28H24N2O2/c29-13-12-25-18-30(17-19-4-3-7-24(14-19)28(31)32)27-11-10-23(16-26(25)27)22-9-8-20-5-1-2-6-21(20)15-22/h1-11,14-16,18H,12-13,17,29H2,(H,31,32). The number of carbonyl (C=O) groups is 1. The van der Waals surface area contributed by atoms with Crippen molar-refractivity contribution in [3.05, 3.63) is 108 Å². The summed E-state index contributed by atoms with van der Waals surface area (Å²) in [4.78, 5) is 11.3. The molecule has 32 heavy (non-hydrogen) atoms. The SMILES string of the molecule is NCCc1cn(Cc2cccc(C(=O)O)c2)c2ccc(-c3ccc4ccccc4c3)cc12. The summed E-state index contributed by atoms with van der Waals surface area (Å²) in [5.74, 6) is -0.909.